The Morgan fingerprint density at radius 2 is 2.37 bits per heavy atom. The summed E-state index contributed by atoms with van der Waals surface area (Å²) in [5.74, 6) is -1.07. The molecule has 0 fully saturated rings. The van der Waals surface area contributed by atoms with E-state index in [-0.39, 0.29) is 6.61 Å². The van der Waals surface area contributed by atoms with Gasteiger partial charge in [-0.3, -0.25) is 18.8 Å². The van der Waals surface area contributed by atoms with Gasteiger partial charge < -0.3 is 5.73 Å². The number of thiazole rings is 1. The standard InChI is InChI=1S/C10H8N4O3S2/c11-7(15)4-17-13-8(16)6-3-5-9(19-6)12-10-14(5)1-2-18-10/h1-3H,4H2,(H2,11,15)(H,13,16). The van der Waals surface area contributed by atoms with Crippen LogP contribution in [0.15, 0.2) is 17.6 Å². The molecule has 3 aromatic rings. The number of rotatable bonds is 4. The van der Waals surface area contributed by atoms with E-state index in [1.54, 1.807) is 6.07 Å². The van der Waals surface area contributed by atoms with Crippen molar-refractivity contribution < 1.29 is 14.4 Å². The molecule has 0 spiro atoms. The van der Waals surface area contributed by atoms with Crippen molar-refractivity contribution in [3.63, 3.8) is 0 Å². The third-order valence-corrected chi connectivity index (χ3v) is 4.12. The molecular weight excluding hydrogens is 288 g/mol. The number of hydrogen-bond acceptors (Lipinski definition) is 6. The molecular formula is C10H8N4O3S2. The number of amides is 2. The first kappa shape index (κ1) is 12.1. The van der Waals surface area contributed by atoms with Crippen molar-refractivity contribution >= 4 is 49.8 Å². The summed E-state index contributed by atoms with van der Waals surface area (Å²) in [4.78, 5) is 33.4. The van der Waals surface area contributed by atoms with Gasteiger partial charge in [0.15, 0.2) is 11.6 Å². The maximum atomic E-state index is 11.8. The number of hydrogen-bond donors (Lipinski definition) is 2. The molecule has 19 heavy (non-hydrogen) atoms. The lowest BCUT2D eigenvalue weighted by Gasteiger charge is -2.01. The van der Waals surface area contributed by atoms with Gasteiger partial charge >= 0.3 is 0 Å². The van der Waals surface area contributed by atoms with Crippen molar-refractivity contribution in [2.24, 2.45) is 5.73 Å². The predicted octanol–water partition coefficient (Wildman–Crippen LogP) is 0.757. The van der Waals surface area contributed by atoms with Crippen LogP contribution >= 0.6 is 22.7 Å². The Hall–Kier alpha value is -1.97. The van der Waals surface area contributed by atoms with Crippen LogP contribution in [-0.4, -0.2) is 27.8 Å². The van der Waals surface area contributed by atoms with Gasteiger partial charge in [-0.25, -0.2) is 10.5 Å². The van der Waals surface area contributed by atoms with E-state index in [1.165, 1.54) is 22.7 Å². The third kappa shape index (κ3) is 2.18. The normalized spacial score (nSPS) is 11.2. The number of hydroxylamine groups is 1. The van der Waals surface area contributed by atoms with Crippen molar-refractivity contribution in [1.82, 2.24) is 14.9 Å². The highest BCUT2D eigenvalue weighted by Gasteiger charge is 2.15. The number of primary amides is 1. The average molecular weight is 296 g/mol. The molecule has 3 heterocycles. The minimum atomic E-state index is -0.651. The van der Waals surface area contributed by atoms with E-state index < -0.39 is 11.8 Å². The monoisotopic (exact) mass is 296 g/mol. The van der Waals surface area contributed by atoms with Gasteiger partial charge in [-0.05, 0) is 6.07 Å². The lowest BCUT2D eigenvalue weighted by atomic mass is 10.4. The Balaban J connectivity index is 1.82. The minimum Gasteiger partial charge on any atom is -0.368 e. The number of nitrogens with zero attached hydrogens (tertiary/aromatic N) is 2. The molecule has 98 valence electrons. The Kier molecular flexibility index (Phi) is 2.93. The summed E-state index contributed by atoms with van der Waals surface area (Å²) in [6.07, 6.45) is 1.90. The first-order chi connectivity index (χ1) is 9.15. The third-order valence-electron chi connectivity index (χ3n) is 2.34. The van der Waals surface area contributed by atoms with Crippen molar-refractivity contribution in [2.75, 3.05) is 6.61 Å². The van der Waals surface area contributed by atoms with Crippen LogP contribution in [0.4, 0.5) is 0 Å². The summed E-state index contributed by atoms with van der Waals surface area (Å²) in [5.41, 5.74) is 7.92. The molecule has 0 aliphatic carbocycles. The van der Waals surface area contributed by atoms with Crippen molar-refractivity contribution in [2.45, 2.75) is 0 Å². The smallest absolute Gasteiger partial charge is 0.285 e. The highest BCUT2D eigenvalue weighted by Crippen LogP contribution is 2.28. The Labute approximate surface area is 114 Å². The maximum absolute atomic E-state index is 11.8. The molecule has 0 bridgehead atoms. The molecule has 0 aliphatic rings. The van der Waals surface area contributed by atoms with Crippen LogP contribution in [0.5, 0.6) is 0 Å². The molecule has 0 atom stereocenters. The highest BCUT2D eigenvalue weighted by molar-refractivity contribution is 7.21. The highest BCUT2D eigenvalue weighted by atomic mass is 32.1. The Bertz CT molecular complexity index is 772. The quantitative estimate of drug-likeness (QED) is 0.694. The predicted molar refractivity (Wildman–Crippen MR) is 71.1 cm³/mol. The topological polar surface area (TPSA) is 98.7 Å². The molecule has 0 saturated heterocycles. The van der Waals surface area contributed by atoms with E-state index in [4.69, 9.17) is 5.73 Å². The molecule has 9 heteroatoms. The van der Waals surface area contributed by atoms with Gasteiger partial charge in [0.05, 0.1) is 10.4 Å². The average Bonchev–Trinajstić information content (AvgIpc) is 2.98. The van der Waals surface area contributed by atoms with Crippen LogP contribution in [0.3, 0.4) is 0 Å². The molecule has 0 unspecified atom stereocenters. The van der Waals surface area contributed by atoms with Crippen molar-refractivity contribution in [3.8, 4) is 0 Å². The number of carbonyl (C=O) groups excluding carboxylic acids is 2. The summed E-state index contributed by atoms with van der Waals surface area (Å²) in [7, 11) is 0. The summed E-state index contributed by atoms with van der Waals surface area (Å²) in [6, 6.07) is 1.73. The minimum absolute atomic E-state index is 0.357. The Morgan fingerprint density at radius 3 is 3.16 bits per heavy atom. The fourth-order valence-electron chi connectivity index (χ4n) is 1.58. The lowest BCUT2D eigenvalue weighted by Crippen LogP contribution is -2.28. The largest absolute Gasteiger partial charge is 0.368 e. The van der Waals surface area contributed by atoms with E-state index in [1.807, 2.05) is 16.0 Å². The first-order valence-electron chi connectivity index (χ1n) is 5.20. The van der Waals surface area contributed by atoms with E-state index in [9.17, 15) is 9.59 Å². The number of aromatic nitrogens is 2. The van der Waals surface area contributed by atoms with Gasteiger partial charge in [0, 0.05) is 11.6 Å². The fourth-order valence-corrected chi connectivity index (χ4v) is 3.27. The molecule has 3 aromatic heterocycles. The second-order valence-corrected chi connectivity index (χ2v) is 5.56. The number of fused-ring (bicyclic) bond motifs is 3. The van der Waals surface area contributed by atoms with Crippen molar-refractivity contribution in [3.05, 3.63) is 22.5 Å². The second-order valence-electron chi connectivity index (χ2n) is 3.65. The van der Waals surface area contributed by atoms with E-state index >= 15 is 0 Å². The summed E-state index contributed by atoms with van der Waals surface area (Å²) < 4.78 is 1.91. The van der Waals surface area contributed by atoms with Crippen molar-refractivity contribution in [1.29, 1.82) is 0 Å². The number of imidazole rings is 1. The van der Waals surface area contributed by atoms with E-state index in [2.05, 4.69) is 15.3 Å². The van der Waals surface area contributed by atoms with Crippen LogP contribution in [0.25, 0.3) is 15.3 Å². The van der Waals surface area contributed by atoms with Gasteiger partial charge in [-0.15, -0.1) is 22.7 Å². The summed E-state index contributed by atoms with van der Waals surface area (Å²) in [6.45, 7) is -0.357. The van der Waals surface area contributed by atoms with E-state index in [0.717, 1.165) is 15.3 Å². The fraction of sp³-hybridized carbons (Fsp3) is 0.100. The molecule has 3 rings (SSSR count). The molecule has 0 radical (unpaired) electrons. The van der Waals surface area contributed by atoms with Crippen LogP contribution < -0.4 is 11.2 Å². The van der Waals surface area contributed by atoms with Crippen LogP contribution in [0, 0.1) is 0 Å². The molecule has 0 aliphatic heterocycles. The zero-order valence-electron chi connectivity index (χ0n) is 9.45. The zero-order valence-corrected chi connectivity index (χ0v) is 11.1. The van der Waals surface area contributed by atoms with Gasteiger partial charge in [0.2, 0.25) is 5.91 Å². The van der Waals surface area contributed by atoms with Gasteiger partial charge in [0.25, 0.3) is 5.91 Å². The number of thiophene rings is 1. The van der Waals surface area contributed by atoms with Crippen LogP contribution in [0.1, 0.15) is 9.67 Å². The number of nitrogens with two attached hydrogens (primary N) is 1. The molecule has 3 N–H and O–H groups in total. The van der Waals surface area contributed by atoms with Crippen LogP contribution in [-0.2, 0) is 9.63 Å². The Morgan fingerprint density at radius 1 is 1.53 bits per heavy atom. The van der Waals surface area contributed by atoms with Gasteiger partial charge in [0.1, 0.15) is 4.83 Å². The van der Waals surface area contributed by atoms with Crippen LogP contribution in [0.2, 0.25) is 0 Å². The SMILES string of the molecule is NC(=O)CONC(=O)c1cc2c(nc3sccn32)s1. The first-order valence-corrected chi connectivity index (χ1v) is 6.90. The van der Waals surface area contributed by atoms with Gasteiger partial charge in [-0.2, -0.15) is 0 Å². The summed E-state index contributed by atoms with van der Waals surface area (Å²) >= 11 is 2.79. The molecule has 0 saturated carbocycles. The zero-order chi connectivity index (χ0) is 13.4. The van der Waals surface area contributed by atoms with E-state index in [0.29, 0.717) is 4.88 Å². The summed E-state index contributed by atoms with van der Waals surface area (Å²) in [5, 5.41) is 1.93. The number of carbonyl (C=O) groups is 2. The molecule has 7 nitrogen and oxygen atoms in total. The molecule has 2 amide bonds. The lowest BCUT2D eigenvalue weighted by molar-refractivity contribution is -0.124. The number of nitrogens with one attached hydrogen (secondary N) is 1. The van der Waals surface area contributed by atoms with Gasteiger partial charge in [-0.1, -0.05) is 0 Å². The maximum Gasteiger partial charge on any atom is 0.285 e. The second kappa shape index (κ2) is 4.61. The molecule has 0 aromatic carbocycles.